The molecule has 0 unspecified atom stereocenters. The van der Waals surface area contributed by atoms with Crippen molar-refractivity contribution in [2.24, 2.45) is 4.99 Å². The van der Waals surface area contributed by atoms with Crippen molar-refractivity contribution in [1.29, 1.82) is 0 Å². The van der Waals surface area contributed by atoms with Gasteiger partial charge in [0.1, 0.15) is 0 Å². The lowest BCUT2D eigenvalue weighted by molar-refractivity contribution is -0.117. The predicted octanol–water partition coefficient (Wildman–Crippen LogP) is 4.09. The lowest BCUT2D eigenvalue weighted by atomic mass is 10.2. The van der Waals surface area contributed by atoms with Gasteiger partial charge in [0.2, 0.25) is 5.91 Å². The van der Waals surface area contributed by atoms with Gasteiger partial charge in [0.15, 0.2) is 14.6 Å². The number of methoxy groups -OCH3 is 1. The SMILES string of the molecule is COCCn1c(=NC(=O)CCS(=O)(=O)Cc2ccccc2)sc2c(Cl)ccc(Cl)c21. The van der Waals surface area contributed by atoms with E-state index in [1.807, 2.05) is 6.07 Å². The van der Waals surface area contributed by atoms with Crippen molar-refractivity contribution in [1.82, 2.24) is 4.57 Å². The molecule has 30 heavy (non-hydrogen) atoms. The molecule has 0 radical (unpaired) electrons. The molecule has 1 amide bonds. The number of fused-ring (bicyclic) bond motifs is 1. The van der Waals surface area contributed by atoms with Crippen LogP contribution in [0.2, 0.25) is 10.0 Å². The van der Waals surface area contributed by atoms with Crippen LogP contribution in [0.1, 0.15) is 12.0 Å². The van der Waals surface area contributed by atoms with Gasteiger partial charge in [-0.25, -0.2) is 8.42 Å². The molecule has 0 bridgehead atoms. The minimum absolute atomic E-state index is 0.108. The lowest BCUT2D eigenvalue weighted by Crippen LogP contribution is -2.20. The summed E-state index contributed by atoms with van der Waals surface area (Å²) in [5, 5.41) is 0.992. The number of carbonyl (C=O) groups is 1. The molecule has 2 aromatic carbocycles. The van der Waals surface area contributed by atoms with Crippen LogP contribution in [-0.2, 0) is 31.7 Å². The van der Waals surface area contributed by atoms with Gasteiger partial charge < -0.3 is 9.30 Å². The maximum absolute atomic E-state index is 12.4. The van der Waals surface area contributed by atoms with E-state index in [0.29, 0.717) is 43.8 Å². The molecular formula is C20H20Cl2N2O4S2. The fourth-order valence-electron chi connectivity index (χ4n) is 2.89. The van der Waals surface area contributed by atoms with Gasteiger partial charge in [0.25, 0.3) is 0 Å². The predicted molar refractivity (Wildman–Crippen MR) is 121 cm³/mol. The van der Waals surface area contributed by atoms with Crippen LogP contribution < -0.4 is 4.80 Å². The number of sulfone groups is 1. The molecule has 0 spiro atoms. The van der Waals surface area contributed by atoms with Gasteiger partial charge in [-0.3, -0.25) is 4.79 Å². The smallest absolute Gasteiger partial charge is 0.249 e. The number of ether oxygens (including phenoxy) is 1. The zero-order chi connectivity index (χ0) is 21.7. The van der Waals surface area contributed by atoms with Crippen molar-refractivity contribution in [3.05, 3.63) is 62.9 Å². The Balaban J connectivity index is 1.84. The molecule has 3 aromatic rings. The molecule has 6 nitrogen and oxygen atoms in total. The Morgan fingerprint density at radius 2 is 1.83 bits per heavy atom. The molecule has 1 aromatic heterocycles. The summed E-state index contributed by atoms with van der Waals surface area (Å²) >= 11 is 13.9. The zero-order valence-corrected chi connectivity index (χ0v) is 19.3. The zero-order valence-electron chi connectivity index (χ0n) is 16.2. The number of hydrogen-bond donors (Lipinski definition) is 0. The van der Waals surface area contributed by atoms with Crippen LogP contribution in [0.25, 0.3) is 10.2 Å². The molecule has 1 heterocycles. The van der Waals surface area contributed by atoms with Crippen LogP contribution in [0.15, 0.2) is 47.5 Å². The highest BCUT2D eigenvalue weighted by atomic mass is 35.5. The molecule has 0 fully saturated rings. The maximum atomic E-state index is 12.4. The second-order valence-corrected chi connectivity index (χ2v) is 10.5. The van der Waals surface area contributed by atoms with Crippen LogP contribution in [0.4, 0.5) is 0 Å². The molecule has 160 valence electrons. The molecule has 0 saturated carbocycles. The summed E-state index contributed by atoms with van der Waals surface area (Å²) in [5.41, 5.74) is 1.36. The lowest BCUT2D eigenvalue weighted by Gasteiger charge is -2.06. The summed E-state index contributed by atoms with van der Waals surface area (Å²) in [6.07, 6.45) is -0.199. The van der Waals surface area contributed by atoms with E-state index >= 15 is 0 Å². The van der Waals surface area contributed by atoms with E-state index in [0.717, 1.165) is 0 Å². The highest BCUT2D eigenvalue weighted by Gasteiger charge is 2.16. The van der Waals surface area contributed by atoms with Crippen LogP contribution in [0, 0.1) is 0 Å². The third kappa shape index (κ3) is 5.70. The second-order valence-electron chi connectivity index (χ2n) is 6.57. The topological polar surface area (TPSA) is 77.7 Å². The maximum Gasteiger partial charge on any atom is 0.249 e. The highest BCUT2D eigenvalue weighted by molar-refractivity contribution is 7.90. The number of thiazole rings is 1. The standard InChI is InChI=1S/C20H20Cl2N2O4S2/c1-28-11-10-24-18-15(21)7-8-16(22)19(18)29-20(24)23-17(25)9-12-30(26,27)13-14-5-3-2-4-6-14/h2-8H,9-13H2,1H3. The summed E-state index contributed by atoms with van der Waals surface area (Å²) in [6.45, 7) is 0.816. The quantitative estimate of drug-likeness (QED) is 0.480. The molecule has 3 rings (SSSR count). The molecule has 0 aliphatic heterocycles. The molecule has 0 N–H and O–H groups in total. The number of carbonyl (C=O) groups excluding carboxylic acids is 1. The molecule has 0 atom stereocenters. The Bertz CT molecular complexity index is 1220. The van der Waals surface area contributed by atoms with E-state index in [2.05, 4.69) is 4.99 Å². The first-order chi connectivity index (χ1) is 14.3. The summed E-state index contributed by atoms with van der Waals surface area (Å²) in [6, 6.07) is 12.2. The molecule has 0 aliphatic carbocycles. The van der Waals surface area contributed by atoms with E-state index in [1.54, 1.807) is 48.1 Å². The minimum atomic E-state index is -3.43. The van der Waals surface area contributed by atoms with Crippen LogP contribution >= 0.6 is 34.5 Å². The number of aromatic nitrogens is 1. The highest BCUT2D eigenvalue weighted by Crippen LogP contribution is 2.31. The van der Waals surface area contributed by atoms with Gasteiger partial charge in [0, 0.05) is 20.1 Å². The molecule has 0 saturated heterocycles. The van der Waals surface area contributed by atoms with E-state index in [1.165, 1.54) is 11.3 Å². The summed E-state index contributed by atoms with van der Waals surface area (Å²) in [5.74, 6) is -0.894. The normalized spacial score (nSPS) is 12.6. The third-order valence-corrected chi connectivity index (χ3v) is 7.77. The minimum Gasteiger partial charge on any atom is -0.383 e. The van der Waals surface area contributed by atoms with Crippen molar-refractivity contribution in [2.75, 3.05) is 19.5 Å². The number of hydrogen-bond acceptors (Lipinski definition) is 5. The number of amides is 1. The number of benzene rings is 2. The first-order valence-electron chi connectivity index (χ1n) is 9.09. The van der Waals surface area contributed by atoms with Crippen molar-refractivity contribution in [3.63, 3.8) is 0 Å². The molecule has 10 heteroatoms. The van der Waals surface area contributed by atoms with Gasteiger partial charge in [-0.2, -0.15) is 4.99 Å². The van der Waals surface area contributed by atoms with Crippen molar-refractivity contribution < 1.29 is 17.9 Å². The fourth-order valence-corrected chi connectivity index (χ4v) is 5.91. The Morgan fingerprint density at radius 3 is 2.53 bits per heavy atom. The Kier molecular flexibility index (Phi) is 7.70. The Labute approximate surface area is 188 Å². The molecular weight excluding hydrogens is 467 g/mol. The van der Waals surface area contributed by atoms with Crippen LogP contribution in [0.3, 0.4) is 0 Å². The van der Waals surface area contributed by atoms with E-state index in [-0.39, 0.29) is 17.9 Å². The average molecular weight is 487 g/mol. The van der Waals surface area contributed by atoms with Crippen molar-refractivity contribution >= 4 is 60.5 Å². The number of nitrogens with zero attached hydrogens (tertiary/aromatic N) is 2. The second kappa shape index (κ2) is 10.1. The first-order valence-corrected chi connectivity index (χ1v) is 12.5. The van der Waals surface area contributed by atoms with Crippen LogP contribution in [0.5, 0.6) is 0 Å². The van der Waals surface area contributed by atoms with Gasteiger partial charge in [-0.15, -0.1) is 0 Å². The average Bonchev–Trinajstić information content (AvgIpc) is 3.07. The van der Waals surface area contributed by atoms with Gasteiger partial charge in [-0.1, -0.05) is 64.9 Å². The largest absolute Gasteiger partial charge is 0.383 e. The van der Waals surface area contributed by atoms with Gasteiger partial charge >= 0.3 is 0 Å². The van der Waals surface area contributed by atoms with Crippen molar-refractivity contribution in [3.8, 4) is 0 Å². The Morgan fingerprint density at radius 1 is 1.13 bits per heavy atom. The summed E-state index contributed by atoms with van der Waals surface area (Å²) < 4.78 is 32.3. The fraction of sp³-hybridized carbons (Fsp3) is 0.300. The number of rotatable bonds is 8. The number of halogens is 2. The van der Waals surface area contributed by atoms with Gasteiger partial charge in [-0.05, 0) is 17.7 Å². The Hall–Kier alpha value is -1.71. The van der Waals surface area contributed by atoms with Gasteiger partial charge in [0.05, 0.1) is 38.4 Å². The van der Waals surface area contributed by atoms with E-state index < -0.39 is 15.7 Å². The molecule has 0 aliphatic rings. The monoisotopic (exact) mass is 486 g/mol. The summed E-state index contributed by atoms with van der Waals surface area (Å²) in [4.78, 5) is 17.0. The van der Waals surface area contributed by atoms with E-state index in [4.69, 9.17) is 27.9 Å². The first kappa shape index (κ1) is 23.0. The van der Waals surface area contributed by atoms with Crippen molar-refractivity contribution in [2.45, 2.75) is 18.7 Å². The van der Waals surface area contributed by atoms with E-state index in [9.17, 15) is 13.2 Å². The summed E-state index contributed by atoms with van der Waals surface area (Å²) in [7, 11) is -1.86. The van der Waals surface area contributed by atoms with Crippen LogP contribution in [-0.4, -0.2) is 38.4 Å². The third-order valence-electron chi connectivity index (χ3n) is 4.32.